The minimum atomic E-state index is 0.912. The minimum absolute atomic E-state index is 0.912. The SMILES string of the molecule is CC(C)=CCC/C(C)=C/CC/C(C)=C/[N+](C)(C)C. The molecule has 0 amide bonds. The molecule has 18 heavy (non-hydrogen) atoms. The van der Waals surface area contributed by atoms with Gasteiger partial charge in [-0.1, -0.05) is 23.3 Å². The van der Waals surface area contributed by atoms with Gasteiger partial charge in [0.15, 0.2) is 0 Å². The summed E-state index contributed by atoms with van der Waals surface area (Å²) in [4.78, 5) is 0. The Labute approximate surface area is 114 Å². The van der Waals surface area contributed by atoms with Gasteiger partial charge in [-0.05, 0) is 59.0 Å². The summed E-state index contributed by atoms with van der Waals surface area (Å²) in [7, 11) is 6.60. The summed E-state index contributed by atoms with van der Waals surface area (Å²) in [6, 6.07) is 0. The first-order chi connectivity index (χ1) is 8.20. The molecule has 0 bridgehead atoms. The highest BCUT2D eigenvalue weighted by Gasteiger charge is 2.02. The largest absolute Gasteiger partial charge is 0.305 e. The molecule has 0 spiro atoms. The van der Waals surface area contributed by atoms with Crippen molar-refractivity contribution in [1.82, 2.24) is 0 Å². The van der Waals surface area contributed by atoms with Crippen molar-refractivity contribution in [3.8, 4) is 0 Å². The van der Waals surface area contributed by atoms with Crippen molar-refractivity contribution < 1.29 is 4.48 Å². The van der Waals surface area contributed by atoms with Crippen LogP contribution in [0.4, 0.5) is 0 Å². The van der Waals surface area contributed by atoms with Crippen molar-refractivity contribution in [2.24, 2.45) is 0 Å². The Morgan fingerprint density at radius 1 is 0.778 bits per heavy atom. The first kappa shape index (κ1) is 17.2. The monoisotopic (exact) mass is 250 g/mol. The molecule has 0 rings (SSSR count). The Bertz CT molecular complexity index is 320. The van der Waals surface area contributed by atoms with E-state index >= 15 is 0 Å². The molecule has 0 fully saturated rings. The van der Waals surface area contributed by atoms with Crippen molar-refractivity contribution in [1.29, 1.82) is 0 Å². The summed E-state index contributed by atoms with van der Waals surface area (Å²) in [5.41, 5.74) is 4.42. The van der Waals surface area contributed by atoms with Crippen molar-refractivity contribution >= 4 is 0 Å². The zero-order valence-corrected chi connectivity index (χ0v) is 13.5. The van der Waals surface area contributed by atoms with Crippen LogP contribution in [-0.2, 0) is 0 Å². The van der Waals surface area contributed by atoms with E-state index in [1.807, 2.05) is 0 Å². The lowest BCUT2D eigenvalue weighted by Gasteiger charge is -2.19. The predicted molar refractivity (Wildman–Crippen MR) is 83.4 cm³/mol. The van der Waals surface area contributed by atoms with Crippen LogP contribution in [0.25, 0.3) is 0 Å². The second-order valence-electron chi connectivity index (χ2n) is 6.50. The molecular formula is C17H32N+. The van der Waals surface area contributed by atoms with E-state index in [1.165, 1.54) is 42.4 Å². The first-order valence-corrected chi connectivity index (χ1v) is 6.99. The molecule has 104 valence electrons. The molecule has 1 nitrogen and oxygen atoms in total. The number of nitrogens with zero attached hydrogens (tertiary/aromatic N) is 1. The molecule has 0 unspecified atom stereocenters. The van der Waals surface area contributed by atoms with Gasteiger partial charge in [0.1, 0.15) is 0 Å². The highest BCUT2D eigenvalue weighted by molar-refractivity contribution is 5.04. The molecule has 0 N–H and O–H groups in total. The molecule has 1 heteroatoms. The molecule has 0 aromatic heterocycles. The average Bonchev–Trinajstić information content (AvgIpc) is 2.13. The van der Waals surface area contributed by atoms with Gasteiger partial charge in [0, 0.05) is 0 Å². The van der Waals surface area contributed by atoms with Crippen LogP contribution in [0.3, 0.4) is 0 Å². The third-order valence-corrected chi connectivity index (χ3v) is 2.73. The quantitative estimate of drug-likeness (QED) is 0.437. The smallest absolute Gasteiger partial charge is 0.0941 e. The lowest BCUT2D eigenvalue weighted by atomic mass is 10.1. The van der Waals surface area contributed by atoms with Crippen LogP contribution < -0.4 is 0 Å². The average molecular weight is 250 g/mol. The molecule has 0 aliphatic heterocycles. The first-order valence-electron chi connectivity index (χ1n) is 6.99. The highest BCUT2D eigenvalue weighted by Crippen LogP contribution is 2.12. The van der Waals surface area contributed by atoms with E-state index in [0.717, 1.165) is 4.48 Å². The zero-order chi connectivity index (χ0) is 14.2. The number of hydrogen-bond donors (Lipinski definition) is 0. The number of rotatable bonds is 7. The van der Waals surface area contributed by atoms with Crippen LogP contribution in [0, 0.1) is 0 Å². The highest BCUT2D eigenvalue weighted by atomic mass is 15.3. The van der Waals surface area contributed by atoms with E-state index in [9.17, 15) is 0 Å². The van der Waals surface area contributed by atoms with Crippen LogP contribution in [-0.4, -0.2) is 25.6 Å². The van der Waals surface area contributed by atoms with E-state index in [-0.39, 0.29) is 0 Å². The molecule has 0 aliphatic rings. The summed E-state index contributed by atoms with van der Waals surface area (Å²) in [6.07, 6.45) is 11.8. The third-order valence-electron chi connectivity index (χ3n) is 2.73. The van der Waals surface area contributed by atoms with E-state index in [0.29, 0.717) is 0 Å². The maximum atomic E-state index is 2.39. The Balaban J connectivity index is 4.02. The number of hydrogen-bond acceptors (Lipinski definition) is 0. The Hall–Kier alpha value is -0.820. The van der Waals surface area contributed by atoms with Gasteiger partial charge >= 0.3 is 0 Å². The van der Waals surface area contributed by atoms with Crippen molar-refractivity contribution in [2.75, 3.05) is 21.1 Å². The van der Waals surface area contributed by atoms with E-state index in [2.05, 4.69) is 67.2 Å². The fraction of sp³-hybridized carbons (Fsp3) is 0.647. The van der Waals surface area contributed by atoms with Crippen molar-refractivity contribution in [2.45, 2.75) is 53.4 Å². The van der Waals surface area contributed by atoms with Crippen molar-refractivity contribution in [3.63, 3.8) is 0 Å². The van der Waals surface area contributed by atoms with Crippen LogP contribution >= 0.6 is 0 Å². The second-order valence-corrected chi connectivity index (χ2v) is 6.50. The van der Waals surface area contributed by atoms with Crippen molar-refractivity contribution in [3.05, 3.63) is 35.1 Å². The van der Waals surface area contributed by atoms with E-state index in [1.54, 1.807) is 0 Å². The standard InChI is InChI=1S/C17H32N/c1-15(2)10-8-11-16(3)12-9-13-17(4)14-18(5,6)7/h10,12,14H,8-9,11,13H2,1-7H3/q+1/b16-12+,17-14+. The predicted octanol–water partition coefficient (Wildman–Crippen LogP) is 5.07. The normalized spacial score (nSPS) is 13.7. The molecule has 0 heterocycles. The number of allylic oxidation sites excluding steroid dienone is 5. The molecule has 0 aliphatic carbocycles. The summed E-state index contributed by atoms with van der Waals surface area (Å²) in [5.74, 6) is 0. The third kappa shape index (κ3) is 11.7. The van der Waals surface area contributed by atoms with Gasteiger partial charge < -0.3 is 4.48 Å². The lowest BCUT2D eigenvalue weighted by Crippen LogP contribution is -2.27. The van der Waals surface area contributed by atoms with E-state index < -0.39 is 0 Å². The molecule has 0 radical (unpaired) electrons. The topological polar surface area (TPSA) is 0 Å². The summed E-state index contributed by atoms with van der Waals surface area (Å²) >= 11 is 0. The molecular weight excluding hydrogens is 218 g/mol. The second kappa shape index (κ2) is 8.31. The van der Waals surface area contributed by atoms with Gasteiger partial charge in [-0.2, -0.15) is 0 Å². The zero-order valence-electron chi connectivity index (χ0n) is 13.5. The van der Waals surface area contributed by atoms with Gasteiger partial charge in [0.25, 0.3) is 0 Å². The fourth-order valence-electron chi connectivity index (χ4n) is 1.96. The Kier molecular flexibility index (Phi) is 7.93. The van der Waals surface area contributed by atoms with E-state index in [4.69, 9.17) is 0 Å². The maximum Gasteiger partial charge on any atom is 0.0941 e. The lowest BCUT2D eigenvalue weighted by molar-refractivity contribution is -0.817. The van der Waals surface area contributed by atoms with Gasteiger partial charge in [-0.15, -0.1) is 0 Å². The minimum Gasteiger partial charge on any atom is -0.305 e. The van der Waals surface area contributed by atoms with Crippen LogP contribution in [0.5, 0.6) is 0 Å². The molecule has 0 saturated carbocycles. The molecule has 0 saturated heterocycles. The molecule has 0 atom stereocenters. The van der Waals surface area contributed by atoms with Gasteiger partial charge in [0.2, 0.25) is 0 Å². The van der Waals surface area contributed by atoms with Crippen LogP contribution in [0.2, 0.25) is 0 Å². The summed E-state index contributed by atoms with van der Waals surface area (Å²) in [6.45, 7) is 8.81. The van der Waals surface area contributed by atoms with Gasteiger partial charge in [-0.3, -0.25) is 0 Å². The summed E-state index contributed by atoms with van der Waals surface area (Å²) < 4.78 is 0.912. The Morgan fingerprint density at radius 2 is 1.28 bits per heavy atom. The van der Waals surface area contributed by atoms with Gasteiger partial charge in [-0.25, -0.2) is 0 Å². The van der Waals surface area contributed by atoms with Gasteiger partial charge in [0.05, 0.1) is 27.3 Å². The molecule has 0 aromatic rings. The fourth-order valence-corrected chi connectivity index (χ4v) is 1.96. The molecule has 0 aromatic carbocycles. The van der Waals surface area contributed by atoms with Crippen LogP contribution in [0.15, 0.2) is 35.1 Å². The van der Waals surface area contributed by atoms with Crippen LogP contribution in [0.1, 0.15) is 53.4 Å². The number of quaternary nitrogens is 1. The summed E-state index contributed by atoms with van der Waals surface area (Å²) in [5, 5.41) is 0. The Morgan fingerprint density at radius 3 is 1.78 bits per heavy atom. The maximum absolute atomic E-state index is 2.39.